The molecule has 0 saturated carbocycles. The third-order valence-corrected chi connectivity index (χ3v) is 6.11. The van der Waals surface area contributed by atoms with Gasteiger partial charge in [-0.2, -0.15) is 4.65 Å². The number of hydrogen-bond donors (Lipinski definition) is 1. The van der Waals surface area contributed by atoms with Crippen molar-refractivity contribution in [1.29, 1.82) is 0 Å². The fourth-order valence-electron chi connectivity index (χ4n) is 4.08. The SMILES string of the molecule is Cn1cc(-c2ccc3cnc(CC(=O)c4ccnc(N5CC[N+](C)(O)CC5)c4)cc3c2)nn1. The van der Waals surface area contributed by atoms with Gasteiger partial charge in [0.15, 0.2) is 5.78 Å². The predicted molar refractivity (Wildman–Crippen MR) is 124 cm³/mol. The Labute approximate surface area is 191 Å². The molecule has 1 N–H and O–H groups in total. The third kappa shape index (κ3) is 4.59. The summed E-state index contributed by atoms with van der Waals surface area (Å²) in [7, 11) is 3.64. The molecule has 0 atom stereocenters. The number of anilines is 1. The number of likely N-dealkylation sites (N-methyl/N-ethyl adjacent to an activating group) is 1. The van der Waals surface area contributed by atoms with E-state index in [1.165, 1.54) is 0 Å². The van der Waals surface area contributed by atoms with E-state index in [-0.39, 0.29) is 16.9 Å². The zero-order valence-electron chi connectivity index (χ0n) is 18.7. The average Bonchev–Trinajstić information content (AvgIpc) is 3.25. The highest BCUT2D eigenvalue weighted by Gasteiger charge is 2.28. The van der Waals surface area contributed by atoms with Crippen molar-refractivity contribution >= 4 is 22.4 Å². The molecule has 5 rings (SSSR count). The first kappa shape index (κ1) is 21.2. The monoisotopic (exact) mass is 444 g/mol. The number of benzene rings is 1. The number of Topliss-reactive ketones (excluding diaryl/α,β-unsaturated/α-hetero) is 1. The Morgan fingerprint density at radius 2 is 1.91 bits per heavy atom. The highest BCUT2D eigenvalue weighted by Crippen LogP contribution is 2.24. The van der Waals surface area contributed by atoms with Gasteiger partial charge in [-0.3, -0.25) is 14.5 Å². The highest BCUT2D eigenvalue weighted by atomic mass is 16.5. The molecular weight excluding hydrogens is 418 g/mol. The molecule has 1 aliphatic heterocycles. The maximum atomic E-state index is 13.0. The average molecular weight is 445 g/mol. The maximum Gasteiger partial charge on any atom is 0.169 e. The minimum atomic E-state index is -0.00429. The van der Waals surface area contributed by atoms with Gasteiger partial charge in [-0.05, 0) is 29.7 Å². The van der Waals surface area contributed by atoms with E-state index < -0.39 is 0 Å². The largest absolute Gasteiger partial charge is 0.345 e. The van der Waals surface area contributed by atoms with Crippen molar-refractivity contribution in [2.75, 3.05) is 38.1 Å². The van der Waals surface area contributed by atoms with Crippen molar-refractivity contribution in [3.05, 3.63) is 66.2 Å². The van der Waals surface area contributed by atoms with Crippen LogP contribution in [-0.2, 0) is 13.5 Å². The number of fused-ring (bicyclic) bond motifs is 1. The topological polar surface area (TPSA) is 97.0 Å². The summed E-state index contributed by atoms with van der Waals surface area (Å²) in [6.07, 6.45) is 5.55. The Morgan fingerprint density at radius 1 is 1.09 bits per heavy atom. The van der Waals surface area contributed by atoms with Gasteiger partial charge in [0, 0.05) is 41.6 Å². The number of carbonyl (C=O) groups excluding carboxylic acids is 1. The number of pyridine rings is 2. The maximum absolute atomic E-state index is 13.0. The van der Waals surface area contributed by atoms with Crippen LogP contribution in [0.3, 0.4) is 0 Å². The molecule has 0 unspecified atom stereocenters. The standard InChI is InChI=1S/C24H26N7O2/c1-29-16-22(27-28-29)17-3-4-19-15-26-21(12-20(19)11-17)14-23(32)18-5-6-25-24(13-18)30-7-9-31(2,33)10-8-30/h3-6,11-13,15-16,33H,7-10,14H2,1-2H3/q+1. The molecule has 9 nitrogen and oxygen atoms in total. The summed E-state index contributed by atoms with van der Waals surface area (Å²) in [6, 6.07) is 11.6. The number of carbonyl (C=O) groups is 1. The summed E-state index contributed by atoms with van der Waals surface area (Å²) in [6.45, 7) is 2.63. The van der Waals surface area contributed by atoms with Gasteiger partial charge in [0.1, 0.15) is 24.6 Å². The van der Waals surface area contributed by atoms with Gasteiger partial charge in [0.2, 0.25) is 0 Å². The molecule has 4 heterocycles. The second kappa shape index (κ2) is 8.34. The fourth-order valence-corrected chi connectivity index (χ4v) is 4.08. The highest BCUT2D eigenvalue weighted by molar-refractivity contribution is 5.98. The first-order valence-corrected chi connectivity index (χ1v) is 10.9. The number of aryl methyl sites for hydroxylation is 1. The van der Waals surface area contributed by atoms with Crippen LogP contribution < -0.4 is 4.90 Å². The summed E-state index contributed by atoms with van der Waals surface area (Å²) in [4.78, 5) is 24.1. The summed E-state index contributed by atoms with van der Waals surface area (Å²) in [5, 5.41) is 20.3. The summed E-state index contributed by atoms with van der Waals surface area (Å²) in [5.41, 5.74) is 3.10. The van der Waals surface area contributed by atoms with E-state index in [9.17, 15) is 10.0 Å². The number of hydrogen-bond acceptors (Lipinski definition) is 7. The van der Waals surface area contributed by atoms with E-state index in [1.807, 2.05) is 43.6 Å². The summed E-state index contributed by atoms with van der Waals surface area (Å²) >= 11 is 0. The van der Waals surface area contributed by atoms with Crippen LogP contribution in [0.5, 0.6) is 0 Å². The van der Waals surface area contributed by atoms with E-state index in [0.29, 0.717) is 37.4 Å². The number of quaternary nitrogens is 1. The Balaban J connectivity index is 1.34. The third-order valence-electron chi connectivity index (χ3n) is 6.11. The fraction of sp³-hybridized carbons (Fsp3) is 0.292. The second-order valence-electron chi connectivity index (χ2n) is 8.79. The molecule has 0 bridgehead atoms. The molecule has 0 radical (unpaired) electrons. The zero-order chi connectivity index (χ0) is 23.0. The van der Waals surface area contributed by atoms with Gasteiger partial charge in [0.25, 0.3) is 0 Å². The minimum absolute atomic E-state index is 0.00429. The van der Waals surface area contributed by atoms with Gasteiger partial charge in [-0.1, -0.05) is 17.3 Å². The molecule has 33 heavy (non-hydrogen) atoms. The molecular formula is C24H26N7O2+. The van der Waals surface area contributed by atoms with Crippen LogP contribution in [0.1, 0.15) is 16.1 Å². The number of aromatic nitrogens is 5. The number of rotatable bonds is 5. The van der Waals surface area contributed by atoms with Crippen molar-refractivity contribution in [3.8, 4) is 11.3 Å². The lowest BCUT2D eigenvalue weighted by Crippen LogP contribution is -2.55. The zero-order valence-corrected chi connectivity index (χ0v) is 18.7. The quantitative estimate of drug-likeness (QED) is 0.373. The Hall–Kier alpha value is -3.69. The van der Waals surface area contributed by atoms with Gasteiger partial charge in [-0.25, -0.2) is 10.2 Å². The van der Waals surface area contributed by atoms with Crippen molar-refractivity contribution in [2.45, 2.75) is 6.42 Å². The molecule has 1 aliphatic rings. The van der Waals surface area contributed by atoms with Crippen molar-refractivity contribution in [3.63, 3.8) is 0 Å². The molecule has 0 aliphatic carbocycles. The summed E-state index contributed by atoms with van der Waals surface area (Å²) < 4.78 is 1.69. The van der Waals surface area contributed by atoms with Crippen molar-refractivity contribution in [2.24, 2.45) is 7.05 Å². The number of ketones is 1. The number of nitrogens with zero attached hydrogens (tertiary/aromatic N) is 7. The van der Waals surface area contributed by atoms with Crippen LogP contribution in [0.2, 0.25) is 0 Å². The van der Waals surface area contributed by atoms with Crippen molar-refractivity contribution in [1.82, 2.24) is 25.0 Å². The lowest BCUT2D eigenvalue weighted by Gasteiger charge is -2.36. The van der Waals surface area contributed by atoms with Crippen LogP contribution in [0.15, 0.2) is 55.0 Å². The van der Waals surface area contributed by atoms with E-state index in [1.54, 1.807) is 30.2 Å². The Kier molecular flexibility index (Phi) is 5.35. The lowest BCUT2D eigenvalue weighted by atomic mass is 10.0. The first-order valence-electron chi connectivity index (χ1n) is 10.9. The van der Waals surface area contributed by atoms with Crippen LogP contribution in [0.4, 0.5) is 5.82 Å². The molecule has 9 heteroatoms. The van der Waals surface area contributed by atoms with Gasteiger partial charge < -0.3 is 4.90 Å². The van der Waals surface area contributed by atoms with Gasteiger partial charge in [0.05, 0.1) is 32.8 Å². The lowest BCUT2D eigenvalue weighted by molar-refractivity contribution is -1.09. The van der Waals surface area contributed by atoms with Crippen LogP contribution >= 0.6 is 0 Å². The van der Waals surface area contributed by atoms with E-state index in [2.05, 4.69) is 25.2 Å². The number of hydroxylamine groups is 3. The minimum Gasteiger partial charge on any atom is -0.345 e. The molecule has 0 amide bonds. The second-order valence-corrected chi connectivity index (χ2v) is 8.79. The smallest absolute Gasteiger partial charge is 0.169 e. The molecule has 3 aromatic heterocycles. The molecule has 1 saturated heterocycles. The molecule has 1 fully saturated rings. The van der Waals surface area contributed by atoms with Crippen LogP contribution in [-0.4, -0.2) is 73.8 Å². The van der Waals surface area contributed by atoms with E-state index >= 15 is 0 Å². The predicted octanol–water partition coefficient (Wildman–Crippen LogP) is 2.51. The van der Waals surface area contributed by atoms with Gasteiger partial charge in [-0.15, -0.1) is 5.10 Å². The Morgan fingerprint density at radius 3 is 2.67 bits per heavy atom. The van der Waals surface area contributed by atoms with Crippen LogP contribution in [0.25, 0.3) is 22.0 Å². The van der Waals surface area contributed by atoms with Crippen LogP contribution in [0, 0.1) is 0 Å². The van der Waals surface area contributed by atoms with E-state index in [4.69, 9.17) is 0 Å². The summed E-state index contributed by atoms with van der Waals surface area (Å²) in [5.74, 6) is 0.760. The molecule has 168 valence electrons. The first-order chi connectivity index (χ1) is 15.9. The number of piperazine rings is 1. The normalized spacial score (nSPS) is 15.7. The molecule has 1 aromatic carbocycles. The van der Waals surface area contributed by atoms with Gasteiger partial charge >= 0.3 is 0 Å². The molecule has 0 spiro atoms. The van der Waals surface area contributed by atoms with Crippen molar-refractivity contribution < 1.29 is 14.6 Å². The van der Waals surface area contributed by atoms with E-state index in [0.717, 1.165) is 27.8 Å². The molecule has 4 aromatic rings. The Bertz CT molecular complexity index is 1320.